The van der Waals surface area contributed by atoms with Crippen LogP contribution < -0.4 is 9.64 Å². The van der Waals surface area contributed by atoms with Crippen molar-refractivity contribution in [1.29, 1.82) is 0 Å². The minimum atomic E-state index is -0.698. The third-order valence-electron chi connectivity index (χ3n) is 5.78. The van der Waals surface area contributed by atoms with E-state index >= 15 is 0 Å². The fourth-order valence-electron chi connectivity index (χ4n) is 4.13. The zero-order valence-electron chi connectivity index (χ0n) is 17.0. The van der Waals surface area contributed by atoms with Crippen LogP contribution in [0, 0.1) is 0 Å². The van der Waals surface area contributed by atoms with E-state index in [1.807, 2.05) is 54.7 Å². The lowest BCUT2D eigenvalue weighted by atomic mass is 10.0. The molecule has 158 valence electrons. The van der Waals surface area contributed by atoms with Gasteiger partial charge >= 0.3 is 0 Å². The van der Waals surface area contributed by atoms with Gasteiger partial charge in [-0.15, -0.1) is 0 Å². The summed E-state index contributed by atoms with van der Waals surface area (Å²) in [7, 11) is 1.71. The van der Waals surface area contributed by atoms with E-state index in [2.05, 4.69) is 21.0 Å². The summed E-state index contributed by atoms with van der Waals surface area (Å²) in [6.07, 6.45) is 2.59. The topological polar surface area (TPSA) is 67.7 Å². The van der Waals surface area contributed by atoms with Gasteiger partial charge in [-0.2, -0.15) is 5.10 Å². The van der Waals surface area contributed by atoms with Gasteiger partial charge < -0.3 is 14.5 Å². The van der Waals surface area contributed by atoms with Crippen molar-refractivity contribution in [2.75, 3.05) is 25.1 Å². The third-order valence-corrected chi connectivity index (χ3v) is 6.27. The molecule has 0 saturated carbocycles. The van der Waals surface area contributed by atoms with Crippen molar-refractivity contribution in [3.8, 4) is 5.75 Å². The SMILES string of the molecule is CN1C(=O)[C@@H](N2CCc3cn(Cc4ccccc4)nc3C2=O)COc2ccc(Br)cc21. The number of ether oxygens (including phenoxy) is 1. The first-order chi connectivity index (χ1) is 15.0. The van der Waals surface area contributed by atoms with E-state index in [-0.39, 0.29) is 18.4 Å². The lowest BCUT2D eigenvalue weighted by molar-refractivity contribution is -0.123. The van der Waals surface area contributed by atoms with Crippen LogP contribution in [0.2, 0.25) is 0 Å². The summed E-state index contributed by atoms with van der Waals surface area (Å²) < 4.78 is 8.58. The summed E-state index contributed by atoms with van der Waals surface area (Å²) in [6.45, 7) is 1.17. The van der Waals surface area contributed by atoms with Crippen molar-refractivity contribution >= 4 is 33.4 Å². The van der Waals surface area contributed by atoms with Gasteiger partial charge in [-0.25, -0.2) is 0 Å². The van der Waals surface area contributed by atoms with Crippen LogP contribution in [0.25, 0.3) is 0 Å². The van der Waals surface area contributed by atoms with Crippen LogP contribution >= 0.6 is 15.9 Å². The first-order valence-corrected chi connectivity index (χ1v) is 10.9. The number of carbonyl (C=O) groups excluding carboxylic acids is 2. The van der Waals surface area contributed by atoms with Crippen molar-refractivity contribution in [3.05, 3.63) is 76.0 Å². The van der Waals surface area contributed by atoms with Crippen LogP contribution in [0.15, 0.2) is 59.2 Å². The molecule has 2 aliphatic rings. The Morgan fingerprint density at radius 3 is 2.77 bits per heavy atom. The van der Waals surface area contributed by atoms with Gasteiger partial charge in [0.05, 0.1) is 12.2 Å². The number of hydrogen-bond acceptors (Lipinski definition) is 4. The molecule has 7 nitrogen and oxygen atoms in total. The number of fused-ring (bicyclic) bond motifs is 2. The zero-order chi connectivity index (χ0) is 21.5. The third kappa shape index (κ3) is 3.61. The molecule has 8 heteroatoms. The van der Waals surface area contributed by atoms with Crippen LogP contribution in [0.1, 0.15) is 21.6 Å². The van der Waals surface area contributed by atoms with Gasteiger partial charge in [0.25, 0.3) is 11.8 Å². The van der Waals surface area contributed by atoms with E-state index in [0.717, 1.165) is 15.6 Å². The molecule has 5 rings (SSSR count). The van der Waals surface area contributed by atoms with E-state index in [1.54, 1.807) is 21.5 Å². The van der Waals surface area contributed by atoms with Crippen LogP contribution in [0.4, 0.5) is 5.69 Å². The van der Waals surface area contributed by atoms with Gasteiger partial charge in [-0.3, -0.25) is 14.3 Å². The molecule has 0 aliphatic carbocycles. The number of hydrogen-bond donors (Lipinski definition) is 0. The molecule has 3 aromatic rings. The minimum Gasteiger partial charge on any atom is -0.489 e. The number of halogens is 1. The number of aromatic nitrogens is 2. The summed E-state index contributed by atoms with van der Waals surface area (Å²) >= 11 is 3.44. The van der Waals surface area contributed by atoms with E-state index < -0.39 is 6.04 Å². The zero-order valence-corrected chi connectivity index (χ0v) is 18.6. The largest absolute Gasteiger partial charge is 0.489 e. The van der Waals surface area contributed by atoms with Crippen molar-refractivity contribution < 1.29 is 14.3 Å². The Labute approximate surface area is 188 Å². The van der Waals surface area contributed by atoms with Crippen LogP contribution in [-0.2, 0) is 17.8 Å². The minimum absolute atomic E-state index is 0.115. The van der Waals surface area contributed by atoms with E-state index in [9.17, 15) is 9.59 Å². The molecule has 2 aliphatic heterocycles. The van der Waals surface area contributed by atoms with E-state index in [4.69, 9.17) is 4.74 Å². The second-order valence-corrected chi connectivity index (χ2v) is 8.69. The molecule has 2 amide bonds. The highest BCUT2D eigenvalue weighted by Gasteiger charge is 2.39. The van der Waals surface area contributed by atoms with Gasteiger partial charge in [0, 0.05) is 29.8 Å². The molecule has 0 bridgehead atoms. The van der Waals surface area contributed by atoms with Gasteiger partial charge in [-0.1, -0.05) is 46.3 Å². The quantitative estimate of drug-likeness (QED) is 0.577. The molecular weight excluding hydrogens is 460 g/mol. The predicted molar refractivity (Wildman–Crippen MR) is 119 cm³/mol. The molecule has 3 heterocycles. The Kier molecular flexibility index (Phi) is 5.02. The monoisotopic (exact) mass is 480 g/mol. The molecule has 0 radical (unpaired) electrons. The van der Waals surface area contributed by atoms with Crippen molar-refractivity contribution in [2.45, 2.75) is 19.0 Å². The molecule has 1 atom stereocenters. The van der Waals surface area contributed by atoms with Crippen LogP contribution in [0.5, 0.6) is 5.75 Å². The smallest absolute Gasteiger partial charge is 0.275 e. The molecule has 0 unspecified atom stereocenters. The lowest BCUT2D eigenvalue weighted by Gasteiger charge is -2.33. The maximum atomic E-state index is 13.3. The fraction of sp³-hybridized carbons (Fsp3) is 0.261. The molecule has 2 aromatic carbocycles. The van der Waals surface area contributed by atoms with Gasteiger partial charge in [0.2, 0.25) is 0 Å². The average molecular weight is 481 g/mol. The molecule has 1 aromatic heterocycles. The standard InChI is InChI=1S/C23H21BrN4O3/c1-26-18-11-17(24)7-8-20(18)31-14-19(22(26)29)28-10-9-16-13-27(25-21(16)23(28)30)12-15-5-3-2-4-6-15/h2-8,11,13,19H,9-10,12,14H2,1H3/t19-/m0/s1. The Morgan fingerprint density at radius 1 is 1.16 bits per heavy atom. The first-order valence-electron chi connectivity index (χ1n) is 10.1. The summed E-state index contributed by atoms with van der Waals surface area (Å²) in [4.78, 5) is 29.7. The highest BCUT2D eigenvalue weighted by Crippen LogP contribution is 2.34. The maximum absolute atomic E-state index is 13.3. The molecule has 0 N–H and O–H groups in total. The maximum Gasteiger partial charge on any atom is 0.275 e. The van der Waals surface area contributed by atoms with Gasteiger partial charge in [-0.05, 0) is 30.2 Å². The first kappa shape index (κ1) is 19.8. The molecule has 0 spiro atoms. The normalized spacial score (nSPS) is 18.3. The molecule has 0 saturated heterocycles. The number of amides is 2. The second kappa shape index (κ2) is 7.85. The number of anilines is 1. The summed E-state index contributed by atoms with van der Waals surface area (Å²) in [6, 6.07) is 14.8. The second-order valence-electron chi connectivity index (χ2n) is 7.77. The molecule has 31 heavy (non-hydrogen) atoms. The lowest BCUT2D eigenvalue weighted by Crippen LogP contribution is -2.54. The van der Waals surface area contributed by atoms with Crippen LogP contribution in [-0.4, -0.2) is 52.7 Å². The molecule has 0 fully saturated rings. The Balaban J connectivity index is 1.39. The Bertz CT molecular complexity index is 1160. The number of benzene rings is 2. The number of carbonyl (C=O) groups is 2. The summed E-state index contributed by atoms with van der Waals surface area (Å²) in [5.41, 5.74) is 3.13. The average Bonchev–Trinajstić information content (AvgIpc) is 3.14. The Morgan fingerprint density at radius 2 is 1.97 bits per heavy atom. The Hall–Kier alpha value is -3.13. The van der Waals surface area contributed by atoms with Crippen molar-refractivity contribution in [2.24, 2.45) is 0 Å². The number of likely N-dealkylation sites (N-methyl/N-ethyl adjacent to an activating group) is 1. The summed E-state index contributed by atoms with van der Waals surface area (Å²) in [5, 5.41) is 4.54. The van der Waals surface area contributed by atoms with Crippen molar-refractivity contribution in [3.63, 3.8) is 0 Å². The van der Waals surface area contributed by atoms with Gasteiger partial charge in [0.1, 0.15) is 18.4 Å². The highest BCUT2D eigenvalue weighted by atomic mass is 79.9. The molecular formula is C23H21BrN4O3. The fourth-order valence-corrected chi connectivity index (χ4v) is 4.48. The number of nitrogens with zero attached hydrogens (tertiary/aromatic N) is 4. The van der Waals surface area contributed by atoms with Crippen molar-refractivity contribution in [1.82, 2.24) is 14.7 Å². The van der Waals surface area contributed by atoms with Gasteiger partial charge in [0.15, 0.2) is 5.69 Å². The van der Waals surface area contributed by atoms with E-state index in [0.29, 0.717) is 36.6 Å². The highest BCUT2D eigenvalue weighted by molar-refractivity contribution is 9.10. The van der Waals surface area contributed by atoms with E-state index in [1.165, 1.54) is 0 Å². The van der Waals surface area contributed by atoms with Crippen LogP contribution in [0.3, 0.4) is 0 Å². The number of rotatable bonds is 3. The predicted octanol–water partition coefficient (Wildman–Crippen LogP) is 3.12. The summed E-state index contributed by atoms with van der Waals surface area (Å²) in [5.74, 6) is 0.228.